The van der Waals surface area contributed by atoms with E-state index >= 15 is 0 Å². The number of rotatable bonds is 9. The zero-order valence-electron chi connectivity index (χ0n) is 13.1. The van der Waals surface area contributed by atoms with Crippen molar-refractivity contribution in [2.45, 2.75) is 20.8 Å². The molecule has 1 rings (SSSR count). The number of methoxy groups -OCH3 is 2. The third-order valence-corrected chi connectivity index (χ3v) is 5.17. The third kappa shape index (κ3) is 5.47. The van der Waals surface area contributed by atoms with Crippen molar-refractivity contribution in [3.8, 4) is 0 Å². The van der Waals surface area contributed by atoms with Gasteiger partial charge in [-0.15, -0.1) is 0 Å². The topological polar surface area (TPSA) is 36.9 Å². The predicted octanol–water partition coefficient (Wildman–Crippen LogP) is 2.88. The minimum Gasteiger partial charge on any atom is -0.359 e. The zero-order valence-corrected chi connectivity index (χ0v) is 14.0. The summed E-state index contributed by atoms with van der Waals surface area (Å²) in [5, 5.41) is 1.36. The first-order chi connectivity index (χ1) is 9.60. The molecule has 4 nitrogen and oxygen atoms in total. The summed E-state index contributed by atoms with van der Waals surface area (Å²) < 4.78 is 21.0. The lowest BCUT2D eigenvalue weighted by molar-refractivity contribution is -0.0188. The molecule has 1 aromatic rings. The quantitative estimate of drug-likeness (QED) is 0.399. The Labute approximate surface area is 123 Å². The first-order valence-corrected chi connectivity index (χ1v) is 8.27. The van der Waals surface area contributed by atoms with Crippen molar-refractivity contribution < 1.29 is 18.9 Å². The van der Waals surface area contributed by atoms with Crippen LogP contribution >= 0.6 is 7.92 Å². The van der Waals surface area contributed by atoms with Gasteiger partial charge < -0.3 is 18.9 Å². The molecular formula is C15H25O4P. The van der Waals surface area contributed by atoms with Crippen LogP contribution in [0.25, 0.3) is 0 Å². The second kappa shape index (κ2) is 9.43. The summed E-state index contributed by atoms with van der Waals surface area (Å²) in [7, 11) is 2.72. The van der Waals surface area contributed by atoms with Gasteiger partial charge in [-0.2, -0.15) is 0 Å². The molecule has 0 saturated carbocycles. The van der Waals surface area contributed by atoms with E-state index in [0.717, 1.165) is 0 Å². The minimum absolute atomic E-state index is 0.313. The van der Waals surface area contributed by atoms with Crippen LogP contribution in [0.5, 0.6) is 0 Å². The minimum atomic E-state index is -0.537. The second-order valence-electron chi connectivity index (χ2n) is 4.77. The van der Waals surface area contributed by atoms with Crippen LogP contribution in [0.2, 0.25) is 0 Å². The summed E-state index contributed by atoms with van der Waals surface area (Å²) >= 11 is 0. The SMILES string of the molecule is COCOCP(COCOC)c1c(C)cc(C)cc1C. The smallest absolute Gasteiger partial charge is 0.146 e. The van der Waals surface area contributed by atoms with Crippen molar-refractivity contribution in [3.05, 3.63) is 28.8 Å². The Kier molecular flexibility index (Phi) is 8.27. The van der Waals surface area contributed by atoms with Gasteiger partial charge in [0.2, 0.25) is 0 Å². The lowest BCUT2D eigenvalue weighted by atomic mass is 10.1. The molecule has 0 heterocycles. The highest BCUT2D eigenvalue weighted by Gasteiger charge is 2.17. The van der Waals surface area contributed by atoms with Gasteiger partial charge in [-0.05, 0) is 45.1 Å². The Morgan fingerprint density at radius 1 is 0.850 bits per heavy atom. The van der Waals surface area contributed by atoms with Gasteiger partial charge in [-0.1, -0.05) is 17.7 Å². The van der Waals surface area contributed by atoms with Crippen molar-refractivity contribution in [2.24, 2.45) is 0 Å². The summed E-state index contributed by atoms with van der Waals surface area (Å²) in [5.74, 6) is 0. The molecule has 0 N–H and O–H groups in total. The van der Waals surface area contributed by atoms with Gasteiger partial charge in [0.15, 0.2) is 0 Å². The second-order valence-corrected chi connectivity index (χ2v) is 6.81. The predicted molar refractivity (Wildman–Crippen MR) is 82.9 cm³/mol. The average Bonchev–Trinajstić information content (AvgIpc) is 2.37. The fourth-order valence-electron chi connectivity index (χ4n) is 2.30. The van der Waals surface area contributed by atoms with Crippen LogP contribution in [0, 0.1) is 20.8 Å². The van der Waals surface area contributed by atoms with Crippen molar-refractivity contribution in [3.63, 3.8) is 0 Å². The highest BCUT2D eigenvalue weighted by molar-refractivity contribution is 7.65. The van der Waals surface area contributed by atoms with E-state index in [4.69, 9.17) is 18.9 Å². The van der Waals surface area contributed by atoms with E-state index in [1.165, 1.54) is 22.0 Å². The van der Waals surface area contributed by atoms with E-state index in [9.17, 15) is 0 Å². The molecule has 20 heavy (non-hydrogen) atoms. The zero-order chi connectivity index (χ0) is 15.0. The molecule has 0 fully saturated rings. The van der Waals surface area contributed by atoms with Gasteiger partial charge >= 0.3 is 0 Å². The monoisotopic (exact) mass is 300 g/mol. The van der Waals surface area contributed by atoms with Crippen LogP contribution in [-0.2, 0) is 18.9 Å². The fourth-order valence-corrected chi connectivity index (χ4v) is 4.35. The Morgan fingerprint density at radius 3 is 1.70 bits per heavy atom. The van der Waals surface area contributed by atoms with Crippen LogP contribution in [0.15, 0.2) is 12.1 Å². The van der Waals surface area contributed by atoms with E-state index in [2.05, 4.69) is 32.9 Å². The average molecular weight is 300 g/mol. The van der Waals surface area contributed by atoms with Gasteiger partial charge in [0.25, 0.3) is 0 Å². The summed E-state index contributed by atoms with van der Waals surface area (Å²) in [4.78, 5) is 0. The van der Waals surface area contributed by atoms with Crippen molar-refractivity contribution in [1.29, 1.82) is 0 Å². The standard InChI is InChI=1S/C15H25O4P/c1-12-6-13(2)15(14(3)7-12)20(10-18-8-16-4)11-19-9-17-5/h6-7H,8-11H2,1-5H3. The maximum absolute atomic E-state index is 5.56. The molecule has 5 heteroatoms. The molecule has 0 saturated heterocycles. The summed E-state index contributed by atoms with van der Waals surface area (Å²) in [6.45, 7) is 7.05. The Hall–Kier alpha value is -0.510. The molecule has 0 spiro atoms. The molecule has 114 valence electrons. The summed E-state index contributed by atoms with van der Waals surface area (Å²) in [6.07, 6.45) is 1.27. The third-order valence-electron chi connectivity index (χ3n) is 2.85. The molecule has 0 unspecified atom stereocenters. The van der Waals surface area contributed by atoms with Gasteiger partial charge in [-0.3, -0.25) is 0 Å². The summed E-state index contributed by atoms with van der Waals surface area (Å²) in [5.41, 5.74) is 3.89. The van der Waals surface area contributed by atoms with Gasteiger partial charge in [0.1, 0.15) is 13.6 Å². The molecule has 0 radical (unpaired) electrons. The first kappa shape index (κ1) is 17.5. The molecular weight excluding hydrogens is 275 g/mol. The van der Waals surface area contributed by atoms with E-state index in [1.54, 1.807) is 14.2 Å². The Bertz CT molecular complexity index is 376. The van der Waals surface area contributed by atoms with E-state index in [0.29, 0.717) is 26.3 Å². The number of hydrogen-bond acceptors (Lipinski definition) is 4. The molecule has 0 aliphatic rings. The normalized spacial score (nSPS) is 11.3. The molecule has 0 atom stereocenters. The van der Waals surface area contributed by atoms with Crippen LogP contribution in [0.1, 0.15) is 16.7 Å². The molecule has 0 aliphatic carbocycles. The first-order valence-electron chi connectivity index (χ1n) is 6.56. The summed E-state index contributed by atoms with van der Waals surface area (Å²) in [6, 6.07) is 4.43. The molecule has 0 bridgehead atoms. The van der Waals surface area contributed by atoms with E-state index < -0.39 is 7.92 Å². The van der Waals surface area contributed by atoms with Gasteiger partial charge in [0, 0.05) is 14.2 Å². The highest BCUT2D eigenvalue weighted by atomic mass is 31.1. The van der Waals surface area contributed by atoms with Crippen LogP contribution in [-0.4, -0.2) is 40.5 Å². The van der Waals surface area contributed by atoms with Gasteiger partial charge in [-0.25, -0.2) is 0 Å². The molecule has 0 aromatic heterocycles. The lowest BCUT2D eigenvalue weighted by Crippen LogP contribution is -2.17. The van der Waals surface area contributed by atoms with Gasteiger partial charge in [0.05, 0.1) is 12.7 Å². The number of ether oxygens (including phenoxy) is 4. The van der Waals surface area contributed by atoms with E-state index in [1.807, 2.05) is 0 Å². The fraction of sp³-hybridized carbons (Fsp3) is 0.600. The van der Waals surface area contributed by atoms with Crippen molar-refractivity contribution in [1.82, 2.24) is 0 Å². The van der Waals surface area contributed by atoms with Crippen molar-refractivity contribution >= 4 is 13.2 Å². The van der Waals surface area contributed by atoms with E-state index in [-0.39, 0.29) is 0 Å². The maximum atomic E-state index is 5.56. The number of hydrogen-bond donors (Lipinski definition) is 0. The highest BCUT2D eigenvalue weighted by Crippen LogP contribution is 2.37. The molecule has 0 amide bonds. The number of aryl methyl sites for hydroxylation is 3. The van der Waals surface area contributed by atoms with Crippen LogP contribution in [0.3, 0.4) is 0 Å². The van der Waals surface area contributed by atoms with Crippen LogP contribution in [0.4, 0.5) is 0 Å². The molecule has 1 aromatic carbocycles. The Balaban J connectivity index is 2.84. The van der Waals surface area contributed by atoms with Crippen molar-refractivity contribution in [2.75, 3.05) is 40.5 Å². The van der Waals surface area contributed by atoms with Crippen LogP contribution < -0.4 is 5.30 Å². The Morgan fingerprint density at radius 2 is 1.30 bits per heavy atom. The number of benzene rings is 1. The maximum Gasteiger partial charge on any atom is 0.146 e. The molecule has 0 aliphatic heterocycles. The largest absolute Gasteiger partial charge is 0.359 e. The lowest BCUT2D eigenvalue weighted by Gasteiger charge is -2.22.